The second kappa shape index (κ2) is 9.29. The van der Waals surface area contributed by atoms with Crippen molar-refractivity contribution in [1.82, 2.24) is 14.5 Å². The predicted octanol–water partition coefficient (Wildman–Crippen LogP) is 4.90. The Morgan fingerprint density at radius 2 is 1.90 bits per heavy atom. The number of rotatable bonds is 6. The monoisotopic (exact) mass is 415 g/mol. The summed E-state index contributed by atoms with van der Waals surface area (Å²) in [5.74, 6) is 0.797. The summed E-state index contributed by atoms with van der Waals surface area (Å²) in [5.41, 5.74) is 1.53. The van der Waals surface area contributed by atoms with Gasteiger partial charge in [0.2, 0.25) is 0 Å². The summed E-state index contributed by atoms with van der Waals surface area (Å²) in [4.78, 5) is 19.3. The summed E-state index contributed by atoms with van der Waals surface area (Å²) in [5, 5.41) is 0. The Morgan fingerprint density at radius 3 is 2.50 bits per heavy atom. The number of amides is 1. The van der Waals surface area contributed by atoms with E-state index in [1.54, 1.807) is 17.0 Å². The minimum Gasteiger partial charge on any atom is -0.381 e. The fourth-order valence-corrected chi connectivity index (χ4v) is 4.03. The van der Waals surface area contributed by atoms with Crippen molar-refractivity contribution in [3.8, 4) is 11.3 Å². The van der Waals surface area contributed by atoms with Crippen LogP contribution in [0.4, 0.5) is 4.39 Å². The summed E-state index contributed by atoms with van der Waals surface area (Å²) in [6.45, 7) is 13.9. The molecule has 0 atom stereocenters. The second-order valence-electron chi connectivity index (χ2n) is 9.08. The van der Waals surface area contributed by atoms with E-state index in [0.29, 0.717) is 19.0 Å². The minimum absolute atomic E-state index is 0.104. The standard InChI is InChI=1S/C24H34FN3O2/c1-6-27(7-2)22(29)19-14-18(8-9-20(19)25)21-16-28(23(26-21)24(3,4)5)15-17-10-12-30-13-11-17/h8-9,14,16-17H,6-7,10-13,15H2,1-5H3. The van der Waals surface area contributed by atoms with Gasteiger partial charge in [0.25, 0.3) is 5.91 Å². The molecule has 0 N–H and O–H groups in total. The number of hydrogen-bond acceptors (Lipinski definition) is 3. The van der Waals surface area contributed by atoms with Gasteiger partial charge in [-0.3, -0.25) is 4.79 Å². The quantitative estimate of drug-likeness (QED) is 0.674. The molecule has 1 fully saturated rings. The molecule has 1 aliphatic rings. The average Bonchev–Trinajstić information content (AvgIpc) is 3.14. The van der Waals surface area contributed by atoms with Crippen molar-refractivity contribution in [2.75, 3.05) is 26.3 Å². The van der Waals surface area contributed by atoms with E-state index < -0.39 is 5.82 Å². The lowest BCUT2D eigenvalue weighted by atomic mass is 9.94. The predicted molar refractivity (Wildman–Crippen MR) is 117 cm³/mol. The highest BCUT2D eigenvalue weighted by Gasteiger charge is 2.25. The number of benzene rings is 1. The third-order valence-corrected chi connectivity index (χ3v) is 5.79. The minimum atomic E-state index is -0.492. The largest absolute Gasteiger partial charge is 0.381 e. The number of ether oxygens (including phenoxy) is 1. The number of halogens is 1. The second-order valence-corrected chi connectivity index (χ2v) is 9.08. The first kappa shape index (κ1) is 22.5. The fraction of sp³-hybridized carbons (Fsp3) is 0.583. The maximum atomic E-state index is 14.5. The van der Waals surface area contributed by atoms with Gasteiger partial charge < -0.3 is 14.2 Å². The summed E-state index contributed by atoms with van der Waals surface area (Å²) in [6.07, 6.45) is 4.15. The van der Waals surface area contributed by atoms with Gasteiger partial charge in [0, 0.05) is 50.0 Å². The Morgan fingerprint density at radius 1 is 1.23 bits per heavy atom. The molecule has 1 amide bonds. The normalized spacial score (nSPS) is 15.4. The van der Waals surface area contributed by atoms with E-state index in [1.807, 2.05) is 13.8 Å². The number of nitrogens with zero attached hydrogens (tertiary/aromatic N) is 3. The van der Waals surface area contributed by atoms with Crippen LogP contribution in [-0.4, -0.2) is 46.7 Å². The van der Waals surface area contributed by atoms with E-state index in [-0.39, 0.29) is 16.9 Å². The summed E-state index contributed by atoms with van der Waals surface area (Å²) >= 11 is 0. The van der Waals surface area contributed by atoms with Crippen LogP contribution < -0.4 is 0 Å². The Bertz CT molecular complexity index is 875. The third-order valence-electron chi connectivity index (χ3n) is 5.79. The first-order chi connectivity index (χ1) is 14.2. The Hall–Kier alpha value is -2.21. The van der Waals surface area contributed by atoms with Crippen LogP contribution in [0.1, 0.15) is 63.6 Å². The smallest absolute Gasteiger partial charge is 0.256 e. The molecular weight excluding hydrogens is 381 g/mol. The fourth-order valence-electron chi connectivity index (χ4n) is 4.03. The van der Waals surface area contributed by atoms with Crippen molar-refractivity contribution in [2.45, 2.75) is 59.4 Å². The van der Waals surface area contributed by atoms with E-state index >= 15 is 0 Å². The van der Waals surface area contributed by atoms with Gasteiger partial charge >= 0.3 is 0 Å². The maximum Gasteiger partial charge on any atom is 0.256 e. The van der Waals surface area contributed by atoms with Crippen molar-refractivity contribution in [3.63, 3.8) is 0 Å². The Labute approximate surface area is 179 Å². The van der Waals surface area contributed by atoms with Gasteiger partial charge in [-0.2, -0.15) is 0 Å². The van der Waals surface area contributed by atoms with Gasteiger partial charge in [-0.05, 0) is 50.8 Å². The zero-order valence-corrected chi connectivity index (χ0v) is 18.9. The van der Waals surface area contributed by atoms with Gasteiger partial charge in [-0.25, -0.2) is 9.37 Å². The molecule has 1 aliphatic heterocycles. The van der Waals surface area contributed by atoms with Crippen LogP contribution >= 0.6 is 0 Å². The van der Waals surface area contributed by atoms with Crippen molar-refractivity contribution in [2.24, 2.45) is 5.92 Å². The number of imidazole rings is 1. The molecule has 164 valence electrons. The number of hydrogen-bond donors (Lipinski definition) is 0. The van der Waals surface area contributed by atoms with Gasteiger partial charge in [0.05, 0.1) is 11.3 Å². The highest BCUT2D eigenvalue weighted by molar-refractivity contribution is 5.95. The highest BCUT2D eigenvalue weighted by Crippen LogP contribution is 2.29. The average molecular weight is 416 g/mol. The van der Waals surface area contributed by atoms with Gasteiger partial charge in [0.1, 0.15) is 11.6 Å². The van der Waals surface area contributed by atoms with Crippen molar-refractivity contribution in [1.29, 1.82) is 0 Å². The van der Waals surface area contributed by atoms with Crippen molar-refractivity contribution >= 4 is 5.91 Å². The molecule has 5 nitrogen and oxygen atoms in total. The molecule has 3 rings (SSSR count). The van der Waals surface area contributed by atoms with E-state index in [4.69, 9.17) is 9.72 Å². The molecule has 2 heterocycles. The van der Waals surface area contributed by atoms with Crippen LogP contribution in [0.15, 0.2) is 24.4 Å². The number of carbonyl (C=O) groups is 1. The van der Waals surface area contributed by atoms with Crippen molar-refractivity contribution in [3.05, 3.63) is 41.6 Å². The SMILES string of the molecule is CCN(CC)C(=O)c1cc(-c2cn(CC3CCOCC3)c(C(C)(C)C)n2)ccc1F. The highest BCUT2D eigenvalue weighted by atomic mass is 19.1. The molecule has 0 bridgehead atoms. The topological polar surface area (TPSA) is 47.4 Å². The van der Waals surface area contributed by atoms with Crippen LogP contribution in [0.3, 0.4) is 0 Å². The Kier molecular flexibility index (Phi) is 6.96. The van der Waals surface area contributed by atoms with Gasteiger partial charge in [-0.15, -0.1) is 0 Å². The maximum absolute atomic E-state index is 14.5. The molecule has 0 aliphatic carbocycles. The summed E-state index contributed by atoms with van der Waals surface area (Å²) in [7, 11) is 0. The van der Waals surface area contributed by atoms with E-state index in [9.17, 15) is 9.18 Å². The molecule has 0 radical (unpaired) electrons. The molecule has 1 saturated heterocycles. The molecule has 0 unspecified atom stereocenters. The molecule has 2 aromatic rings. The van der Waals surface area contributed by atoms with Crippen LogP contribution in [0.25, 0.3) is 11.3 Å². The lowest BCUT2D eigenvalue weighted by Gasteiger charge is -2.25. The zero-order chi connectivity index (χ0) is 21.9. The zero-order valence-electron chi connectivity index (χ0n) is 18.9. The van der Waals surface area contributed by atoms with Crippen LogP contribution in [0.2, 0.25) is 0 Å². The third kappa shape index (κ3) is 4.91. The number of aromatic nitrogens is 2. The van der Waals surface area contributed by atoms with Gasteiger partial charge in [-0.1, -0.05) is 20.8 Å². The van der Waals surface area contributed by atoms with Crippen molar-refractivity contribution < 1.29 is 13.9 Å². The van der Waals surface area contributed by atoms with Gasteiger partial charge in [0.15, 0.2) is 0 Å². The Balaban J connectivity index is 1.97. The van der Waals surface area contributed by atoms with E-state index in [0.717, 1.165) is 49.7 Å². The molecule has 1 aromatic heterocycles. The summed E-state index contributed by atoms with van der Waals surface area (Å²) < 4.78 is 22.2. The van der Waals surface area contributed by atoms with Crippen LogP contribution in [0.5, 0.6) is 0 Å². The van der Waals surface area contributed by atoms with E-state index in [1.165, 1.54) is 6.07 Å². The molecule has 0 spiro atoms. The molecule has 6 heteroatoms. The molecule has 0 saturated carbocycles. The van der Waals surface area contributed by atoms with Crippen LogP contribution in [0, 0.1) is 11.7 Å². The summed E-state index contributed by atoms with van der Waals surface area (Å²) in [6, 6.07) is 4.73. The lowest BCUT2D eigenvalue weighted by Crippen LogP contribution is -2.31. The van der Waals surface area contributed by atoms with E-state index in [2.05, 4.69) is 31.5 Å². The van der Waals surface area contributed by atoms with Crippen LogP contribution in [-0.2, 0) is 16.7 Å². The first-order valence-corrected chi connectivity index (χ1v) is 11.0. The number of carbonyl (C=O) groups excluding carboxylic acids is 1. The lowest BCUT2D eigenvalue weighted by molar-refractivity contribution is 0.0607. The molecule has 1 aromatic carbocycles. The molecule has 30 heavy (non-hydrogen) atoms. The first-order valence-electron chi connectivity index (χ1n) is 11.0. The molecular formula is C24H34FN3O2.